The van der Waals surface area contributed by atoms with Gasteiger partial charge in [-0.3, -0.25) is 0 Å². The lowest BCUT2D eigenvalue weighted by molar-refractivity contribution is 0.205. The minimum absolute atomic E-state index is 0.112. The van der Waals surface area contributed by atoms with E-state index in [0.717, 1.165) is 0 Å². The Morgan fingerprint density at radius 3 is 2.57 bits per heavy atom. The SMILES string of the molecule is CC(N)(CO)c1cc(Cl)ccc1CO. The molecule has 78 valence electrons. The van der Waals surface area contributed by atoms with E-state index in [2.05, 4.69) is 0 Å². The second-order valence-corrected chi connectivity index (χ2v) is 3.97. The fourth-order valence-electron chi connectivity index (χ4n) is 1.30. The Kier molecular flexibility index (Phi) is 3.50. The Balaban J connectivity index is 3.23. The van der Waals surface area contributed by atoms with Gasteiger partial charge in [0.25, 0.3) is 0 Å². The van der Waals surface area contributed by atoms with Crippen molar-refractivity contribution < 1.29 is 10.2 Å². The van der Waals surface area contributed by atoms with E-state index in [1.165, 1.54) is 0 Å². The normalized spacial score (nSPS) is 15.2. The molecule has 1 rings (SSSR count). The summed E-state index contributed by atoms with van der Waals surface area (Å²) in [7, 11) is 0. The van der Waals surface area contributed by atoms with Crippen LogP contribution in [0.15, 0.2) is 18.2 Å². The Hall–Kier alpha value is -0.610. The van der Waals surface area contributed by atoms with E-state index in [1.54, 1.807) is 25.1 Å². The van der Waals surface area contributed by atoms with Gasteiger partial charge in [-0.05, 0) is 30.2 Å². The van der Waals surface area contributed by atoms with Crippen molar-refractivity contribution in [1.82, 2.24) is 0 Å². The Bertz CT molecular complexity index is 326. The molecule has 3 nitrogen and oxygen atoms in total. The molecule has 0 heterocycles. The first-order valence-corrected chi connectivity index (χ1v) is 4.68. The van der Waals surface area contributed by atoms with Crippen LogP contribution < -0.4 is 5.73 Å². The fourth-order valence-corrected chi connectivity index (χ4v) is 1.48. The Morgan fingerprint density at radius 2 is 2.07 bits per heavy atom. The standard InChI is InChI=1S/C10H14ClNO2/c1-10(12,6-14)9-4-8(11)3-2-7(9)5-13/h2-4,13-14H,5-6,12H2,1H3. The highest BCUT2D eigenvalue weighted by Gasteiger charge is 2.23. The van der Waals surface area contributed by atoms with E-state index in [0.29, 0.717) is 16.1 Å². The number of nitrogens with two attached hydrogens (primary N) is 1. The molecule has 1 aromatic carbocycles. The van der Waals surface area contributed by atoms with Gasteiger partial charge in [0.15, 0.2) is 0 Å². The number of aliphatic hydroxyl groups excluding tert-OH is 2. The largest absolute Gasteiger partial charge is 0.394 e. The second kappa shape index (κ2) is 4.28. The summed E-state index contributed by atoms with van der Waals surface area (Å²) in [5.74, 6) is 0. The number of benzene rings is 1. The number of hydrogen-bond donors (Lipinski definition) is 3. The topological polar surface area (TPSA) is 66.5 Å². The van der Waals surface area contributed by atoms with Gasteiger partial charge >= 0.3 is 0 Å². The van der Waals surface area contributed by atoms with Crippen molar-refractivity contribution in [2.24, 2.45) is 5.73 Å². The maximum Gasteiger partial charge on any atom is 0.0685 e. The number of aliphatic hydroxyl groups is 2. The summed E-state index contributed by atoms with van der Waals surface area (Å²) in [6.07, 6.45) is 0. The molecule has 0 bridgehead atoms. The minimum Gasteiger partial charge on any atom is -0.394 e. The van der Waals surface area contributed by atoms with Crippen molar-refractivity contribution >= 4 is 11.6 Å². The molecule has 1 aromatic rings. The van der Waals surface area contributed by atoms with Gasteiger partial charge in [-0.25, -0.2) is 0 Å². The molecule has 0 aliphatic carbocycles. The van der Waals surface area contributed by atoms with E-state index >= 15 is 0 Å². The zero-order valence-electron chi connectivity index (χ0n) is 8.00. The molecule has 4 N–H and O–H groups in total. The molecule has 0 aliphatic heterocycles. The average molecular weight is 216 g/mol. The van der Waals surface area contributed by atoms with E-state index < -0.39 is 5.54 Å². The van der Waals surface area contributed by atoms with Crippen LogP contribution in [0.4, 0.5) is 0 Å². The van der Waals surface area contributed by atoms with E-state index in [1.807, 2.05) is 0 Å². The molecule has 1 unspecified atom stereocenters. The number of halogens is 1. The molecule has 0 saturated carbocycles. The molecule has 14 heavy (non-hydrogen) atoms. The summed E-state index contributed by atoms with van der Waals surface area (Å²) in [4.78, 5) is 0. The molecule has 0 fully saturated rings. The lowest BCUT2D eigenvalue weighted by Crippen LogP contribution is -2.38. The lowest BCUT2D eigenvalue weighted by Gasteiger charge is -2.25. The number of hydrogen-bond acceptors (Lipinski definition) is 3. The van der Waals surface area contributed by atoms with E-state index in [-0.39, 0.29) is 13.2 Å². The first-order chi connectivity index (χ1) is 6.51. The van der Waals surface area contributed by atoms with Gasteiger partial charge in [0.1, 0.15) is 0 Å². The summed E-state index contributed by atoms with van der Waals surface area (Å²) in [6, 6.07) is 5.06. The molecule has 1 atom stereocenters. The molecule has 4 heteroatoms. The van der Waals surface area contributed by atoms with Crippen LogP contribution in [-0.4, -0.2) is 16.8 Å². The van der Waals surface area contributed by atoms with Gasteiger partial charge in [-0.15, -0.1) is 0 Å². The van der Waals surface area contributed by atoms with Crippen LogP contribution in [-0.2, 0) is 12.1 Å². The van der Waals surface area contributed by atoms with Crippen molar-refractivity contribution in [2.75, 3.05) is 6.61 Å². The van der Waals surface area contributed by atoms with Crippen molar-refractivity contribution in [3.63, 3.8) is 0 Å². The van der Waals surface area contributed by atoms with Gasteiger partial charge in [0.05, 0.1) is 18.8 Å². The highest BCUT2D eigenvalue weighted by molar-refractivity contribution is 6.30. The van der Waals surface area contributed by atoms with Crippen LogP contribution in [0.3, 0.4) is 0 Å². The highest BCUT2D eigenvalue weighted by atomic mass is 35.5. The summed E-state index contributed by atoms with van der Waals surface area (Å²) in [5.41, 5.74) is 6.36. The quantitative estimate of drug-likeness (QED) is 0.705. The molecule has 0 aromatic heterocycles. The third kappa shape index (κ3) is 2.25. The highest BCUT2D eigenvalue weighted by Crippen LogP contribution is 2.25. The molecule has 0 aliphatic rings. The first kappa shape index (κ1) is 11.5. The number of rotatable bonds is 3. The zero-order chi connectivity index (χ0) is 10.8. The van der Waals surface area contributed by atoms with E-state index in [9.17, 15) is 0 Å². The van der Waals surface area contributed by atoms with Crippen LogP contribution >= 0.6 is 11.6 Å². The predicted octanol–water partition coefficient (Wildman–Crippen LogP) is 0.998. The Morgan fingerprint density at radius 1 is 1.43 bits per heavy atom. The summed E-state index contributed by atoms with van der Waals surface area (Å²) in [6.45, 7) is 1.39. The lowest BCUT2D eigenvalue weighted by atomic mass is 9.90. The van der Waals surface area contributed by atoms with Gasteiger partial charge < -0.3 is 15.9 Å². The van der Waals surface area contributed by atoms with Crippen molar-refractivity contribution in [1.29, 1.82) is 0 Å². The van der Waals surface area contributed by atoms with Crippen molar-refractivity contribution in [2.45, 2.75) is 19.1 Å². The van der Waals surface area contributed by atoms with Crippen LogP contribution in [0.5, 0.6) is 0 Å². The molecule has 0 radical (unpaired) electrons. The third-order valence-corrected chi connectivity index (χ3v) is 2.42. The average Bonchev–Trinajstić information content (AvgIpc) is 2.18. The summed E-state index contributed by atoms with van der Waals surface area (Å²) >= 11 is 5.82. The van der Waals surface area contributed by atoms with E-state index in [4.69, 9.17) is 27.5 Å². The summed E-state index contributed by atoms with van der Waals surface area (Å²) in [5, 5.41) is 18.7. The first-order valence-electron chi connectivity index (χ1n) is 4.31. The monoisotopic (exact) mass is 215 g/mol. The molecule has 0 spiro atoms. The predicted molar refractivity (Wildman–Crippen MR) is 56.0 cm³/mol. The fraction of sp³-hybridized carbons (Fsp3) is 0.400. The molecule has 0 amide bonds. The Labute approximate surface area is 88.1 Å². The molecular weight excluding hydrogens is 202 g/mol. The second-order valence-electron chi connectivity index (χ2n) is 3.54. The van der Waals surface area contributed by atoms with Gasteiger partial charge in [0.2, 0.25) is 0 Å². The van der Waals surface area contributed by atoms with Crippen LogP contribution in [0.2, 0.25) is 5.02 Å². The van der Waals surface area contributed by atoms with Gasteiger partial charge in [-0.1, -0.05) is 17.7 Å². The van der Waals surface area contributed by atoms with Gasteiger partial charge in [-0.2, -0.15) is 0 Å². The van der Waals surface area contributed by atoms with Crippen LogP contribution in [0, 0.1) is 0 Å². The smallest absolute Gasteiger partial charge is 0.0685 e. The van der Waals surface area contributed by atoms with Crippen LogP contribution in [0.1, 0.15) is 18.1 Å². The minimum atomic E-state index is -0.872. The van der Waals surface area contributed by atoms with Crippen molar-refractivity contribution in [3.8, 4) is 0 Å². The summed E-state index contributed by atoms with van der Waals surface area (Å²) < 4.78 is 0. The van der Waals surface area contributed by atoms with Crippen LogP contribution in [0.25, 0.3) is 0 Å². The van der Waals surface area contributed by atoms with Crippen molar-refractivity contribution in [3.05, 3.63) is 34.3 Å². The third-order valence-electron chi connectivity index (χ3n) is 2.19. The molecular formula is C10H14ClNO2. The zero-order valence-corrected chi connectivity index (χ0v) is 8.75. The maximum atomic E-state index is 9.11. The maximum absolute atomic E-state index is 9.11. The van der Waals surface area contributed by atoms with Gasteiger partial charge in [0, 0.05) is 5.02 Å². The molecule has 0 saturated heterocycles.